The van der Waals surface area contributed by atoms with E-state index >= 15 is 0 Å². The number of likely N-dealkylation sites (tertiary alicyclic amines) is 2. The Morgan fingerprint density at radius 2 is 0.817 bits per heavy atom. The van der Waals surface area contributed by atoms with Gasteiger partial charge in [0.2, 0.25) is 11.8 Å². The number of H-pyrrole nitrogens is 1. The van der Waals surface area contributed by atoms with E-state index in [9.17, 15) is 79.1 Å². The fourth-order valence-corrected chi connectivity index (χ4v) is 14.9. The molecule has 0 bridgehead atoms. The number of fused-ring (bicyclic) bond motifs is 3. The Morgan fingerprint density at radius 1 is 0.452 bits per heavy atom. The van der Waals surface area contributed by atoms with Gasteiger partial charge in [-0.1, -0.05) is 54.7 Å². The van der Waals surface area contributed by atoms with Gasteiger partial charge < -0.3 is 41.4 Å². The zero-order valence-electron chi connectivity index (χ0n) is 55.4. The van der Waals surface area contributed by atoms with Crippen LogP contribution in [-0.4, -0.2) is 139 Å². The highest BCUT2D eigenvalue weighted by Crippen LogP contribution is 2.40. The largest absolute Gasteiger partial charge is 0.416 e. The van der Waals surface area contributed by atoms with E-state index in [1.165, 1.54) is 70.3 Å². The molecule has 0 unspecified atom stereocenters. The summed E-state index contributed by atoms with van der Waals surface area (Å²) < 4.78 is 212. The van der Waals surface area contributed by atoms with E-state index in [1.807, 2.05) is 19.9 Å². The van der Waals surface area contributed by atoms with Gasteiger partial charge in [-0.2, -0.15) is 52.7 Å². The molecule has 6 N–H and O–H groups in total. The van der Waals surface area contributed by atoms with E-state index in [4.69, 9.17) is 0 Å². The molecule has 2 saturated heterocycles. The van der Waals surface area contributed by atoms with Crippen LogP contribution in [0.25, 0.3) is 33.1 Å². The number of aromatic nitrogens is 9. The molecule has 1 aliphatic carbocycles. The van der Waals surface area contributed by atoms with Crippen molar-refractivity contribution >= 4 is 93.8 Å². The maximum absolute atomic E-state index is 13.3. The van der Waals surface area contributed by atoms with Crippen molar-refractivity contribution in [3.63, 3.8) is 0 Å². The van der Waals surface area contributed by atoms with E-state index in [2.05, 4.69) is 61.5 Å². The molecule has 4 aromatic carbocycles. The van der Waals surface area contributed by atoms with E-state index in [-0.39, 0.29) is 46.2 Å². The van der Waals surface area contributed by atoms with Crippen molar-refractivity contribution in [3.05, 3.63) is 174 Å². The molecule has 2 aliphatic heterocycles. The van der Waals surface area contributed by atoms with Gasteiger partial charge >= 0.3 is 24.7 Å². The lowest BCUT2D eigenvalue weighted by molar-refractivity contribution is -0.144. The number of carbonyl (C=O) groups is 2. The topological polar surface area (TPSA) is 272 Å². The number of rotatable bonds is 16. The van der Waals surface area contributed by atoms with Crippen molar-refractivity contribution in [1.29, 1.82) is 0 Å². The molecule has 1 saturated carbocycles. The zero-order chi connectivity index (χ0) is 74.5. The summed E-state index contributed by atoms with van der Waals surface area (Å²) in [6, 6.07) is 20.5. The number of piperidine rings is 2. The summed E-state index contributed by atoms with van der Waals surface area (Å²) in [6.45, 7) is 4.05. The minimum Gasteiger partial charge on any atom is -0.376 e. The summed E-state index contributed by atoms with van der Waals surface area (Å²) in [6.07, 6.45) is -2.67. The Morgan fingerprint density at radius 3 is 1.21 bits per heavy atom. The highest BCUT2D eigenvalue weighted by atomic mass is 32.2. The molecular formula is C68H68F12N16O6S2. The van der Waals surface area contributed by atoms with Gasteiger partial charge in [0.15, 0.2) is 11.3 Å². The highest BCUT2D eigenvalue weighted by Gasteiger charge is 2.39. The number of hydrogen-bond donors (Lipinski definition) is 6. The van der Waals surface area contributed by atoms with Crippen LogP contribution < -0.4 is 26.6 Å². The van der Waals surface area contributed by atoms with Crippen molar-refractivity contribution in [2.75, 3.05) is 65.9 Å². The summed E-state index contributed by atoms with van der Waals surface area (Å²) in [4.78, 5) is 57.2. The summed E-state index contributed by atoms with van der Waals surface area (Å²) in [7, 11) is -7.64. The number of aromatic amines is 1. The minimum absolute atomic E-state index is 0.0180. The number of nitrogens with zero attached hydrogens (tertiary/aromatic N) is 10. The molecule has 13 rings (SSSR count). The van der Waals surface area contributed by atoms with Gasteiger partial charge in [0.1, 0.15) is 42.1 Å². The van der Waals surface area contributed by atoms with Crippen LogP contribution in [0.3, 0.4) is 0 Å². The number of anilines is 5. The first kappa shape index (κ1) is 74.9. The minimum atomic E-state index is -5.01. The van der Waals surface area contributed by atoms with Gasteiger partial charge in [-0.15, -0.1) is 0 Å². The first-order valence-corrected chi connectivity index (χ1v) is 35.6. The molecule has 10 aromatic rings. The Kier molecular flexibility index (Phi) is 22.0. The molecule has 2 atom stereocenters. The molecule has 8 heterocycles. The van der Waals surface area contributed by atoms with Gasteiger partial charge in [0, 0.05) is 74.3 Å². The molecular weight excluding hydrogens is 1430 g/mol. The number of amides is 2. The summed E-state index contributed by atoms with van der Waals surface area (Å²) >= 11 is 0. The second kappa shape index (κ2) is 30.6. The standard InChI is InChI=1S/C28H26F6N6O3S.C21H20F6N6O.C19H22N4O2S/c1-17-4-6-22(7-5-17)44(42,43)40-10-8-23-25(36-16-37-26(23)40)38-20-3-2-9-39(15-20)24(41)14-35-21-12-18(27(29,30)31)11-19(13-21)28(32,33)34;22-20(23,24)12-6-13(21(25,26)27)8-15(7-12)29-9-17(34)33-5-1-2-14(10-33)32-19-16-3-4-28-18(16)30-11-31-19;1-14-7-9-16(10-8-14)26(24,25)23-12-11-17-18(20-13-21-19(17)23)22-15-5-3-2-4-6-15/h4-8,10-13,16,20,35H,2-3,9,14-15H2,1H3,(H,36,37,38);3-4,6-8,11,14,29H,1-2,5,9-10H2,(H2,28,30,31,32);7-13,15H,2-6H2,1H3,(H,20,21,22)/t20-;14-;/m00./s1. The number of hydrogen-bond acceptors (Lipinski definition) is 17. The molecule has 36 heteroatoms. The Hall–Kier alpha value is -10.3. The Labute approximate surface area is 587 Å². The van der Waals surface area contributed by atoms with Crippen LogP contribution in [0.5, 0.6) is 0 Å². The summed E-state index contributed by atoms with van der Waals surface area (Å²) in [5.41, 5.74) is -3.65. The van der Waals surface area contributed by atoms with E-state index < -0.39 is 103 Å². The number of benzene rings is 4. The maximum Gasteiger partial charge on any atom is 0.416 e. The lowest BCUT2D eigenvalue weighted by Crippen LogP contribution is -2.47. The molecule has 0 radical (unpaired) electrons. The molecule has 3 aliphatic rings. The van der Waals surface area contributed by atoms with Crippen LogP contribution in [-0.2, 0) is 54.3 Å². The lowest BCUT2D eigenvalue weighted by atomic mass is 9.95. The monoisotopic (exact) mass is 1500 g/mol. The van der Waals surface area contributed by atoms with Crippen molar-refractivity contribution in [2.24, 2.45) is 0 Å². The van der Waals surface area contributed by atoms with Crippen LogP contribution in [0.1, 0.15) is 91.2 Å². The van der Waals surface area contributed by atoms with Crippen LogP contribution >= 0.6 is 0 Å². The number of carbonyl (C=O) groups excluding carboxylic acids is 2. The first-order chi connectivity index (χ1) is 49.2. The maximum atomic E-state index is 13.3. The van der Waals surface area contributed by atoms with Crippen LogP contribution in [0.2, 0.25) is 0 Å². The molecule has 0 spiro atoms. The fraction of sp³-hybridized carbons (Fsp3) is 0.353. The summed E-state index contributed by atoms with van der Waals surface area (Å²) in [5, 5.41) is 16.7. The first-order valence-electron chi connectivity index (χ1n) is 32.7. The number of alkyl halides is 12. The van der Waals surface area contributed by atoms with Gasteiger partial charge in [0.05, 0.1) is 61.3 Å². The van der Waals surface area contributed by atoms with Crippen molar-refractivity contribution in [1.82, 2.24) is 52.6 Å². The number of aryl methyl sites for hydroxylation is 2. The zero-order valence-corrected chi connectivity index (χ0v) is 57.0. The average Bonchev–Trinajstić information content (AvgIpc) is 1.62. The van der Waals surface area contributed by atoms with Gasteiger partial charge in [-0.25, -0.2) is 54.7 Å². The Bertz CT molecular complexity index is 4880. The van der Waals surface area contributed by atoms with Crippen molar-refractivity contribution in [3.8, 4) is 0 Å². The third-order valence-corrected chi connectivity index (χ3v) is 21.0. The average molecular weight is 1500 g/mol. The highest BCUT2D eigenvalue weighted by molar-refractivity contribution is 7.90. The predicted octanol–water partition coefficient (Wildman–Crippen LogP) is 13.8. The second-order valence-corrected chi connectivity index (χ2v) is 28.8. The van der Waals surface area contributed by atoms with Gasteiger partial charge in [-0.05, 0) is 131 Å². The molecule has 104 heavy (non-hydrogen) atoms. The lowest BCUT2D eigenvalue weighted by Gasteiger charge is -2.33. The molecule has 2 amide bonds. The normalized spacial score (nSPS) is 16.5. The SMILES string of the molecule is Cc1ccc(S(=O)(=O)n2ccc3c(NC4CCCCC4)ncnc32)cc1.Cc1ccc(S(=O)(=O)n2ccc3c(N[C@H]4CCCN(C(=O)CNc5cc(C(F)(F)F)cc(C(F)(F)F)c5)C4)ncnc32)cc1.O=C(CNc1cc(C(F)(F)F)cc(C(F)(F)F)c1)N1CCC[C@H](Nc2ncnc3[nH]ccc23)C1. The predicted molar refractivity (Wildman–Crippen MR) is 363 cm³/mol. The van der Waals surface area contributed by atoms with E-state index in [1.54, 1.807) is 60.9 Å². The third-order valence-electron chi connectivity index (χ3n) is 17.6. The van der Waals surface area contributed by atoms with E-state index in [0.29, 0.717) is 103 Å². The van der Waals surface area contributed by atoms with Crippen molar-refractivity contribution < 1.29 is 79.1 Å². The van der Waals surface area contributed by atoms with Crippen molar-refractivity contribution in [2.45, 2.75) is 124 Å². The van der Waals surface area contributed by atoms with Crippen LogP contribution in [0.4, 0.5) is 81.5 Å². The quantitative estimate of drug-likeness (QED) is 0.0491. The number of nitrogens with one attached hydrogen (secondary N) is 6. The van der Waals surface area contributed by atoms with Crippen LogP contribution in [0.15, 0.2) is 150 Å². The van der Waals surface area contributed by atoms with Gasteiger partial charge in [0.25, 0.3) is 20.0 Å². The molecule has 22 nitrogen and oxygen atoms in total. The van der Waals surface area contributed by atoms with Gasteiger partial charge in [-0.3, -0.25) is 9.59 Å². The molecule has 6 aromatic heterocycles. The van der Waals surface area contributed by atoms with Crippen LogP contribution in [0, 0.1) is 13.8 Å². The Balaban J connectivity index is 0.000000162. The number of halogens is 12. The van der Waals surface area contributed by atoms with E-state index in [0.717, 1.165) is 45.1 Å². The molecule has 3 fully saturated rings. The third kappa shape index (κ3) is 17.8. The fourth-order valence-electron chi connectivity index (χ4n) is 12.3. The second-order valence-electron chi connectivity index (χ2n) is 25.2. The molecule has 552 valence electrons. The summed E-state index contributed by atoms with van der Waals surface area (Å²) in [5.74, 6) is 0.693. The smallest absolute Gasteiger partial charge is 0.376 e.